The lowest BCUT2D eigenvalue weighted by Crippen LogP contribution is -2.37. The van der Waals surface area contributed by atoms with Gasteiger partial charge in [0.05, 0.1) is 6.04 Å². The van der Waals surface area contributed by atoms with Crippen LogP contribution in [0.5, 0.6) is 0 Å². The van der Waals surface area contributed by atoms with E-state index in [0.29, 0.717) is 0 Å². The van der Waals surface area contributed by atoms with Crippen LogP contribution >= 0.6 is 0 Å². The third-order valence-electron chi connectivity index (χ3n) is 4.20. The van der Waals surface area contributed by atoms with E-state index < -0.39 is 0 Å². The monoisotopic (exact) mass is 274 g/mol. The molecule has 1 aliphatic carbocycles. The van der Waals surface area contributed by atoms with E-state index >= 15 is 0 Å². The lowest BCUT2D eigenvalue weighted by molar-refractivity contribution is 0.237. The Balaban J connectivity index is 1.60. The Labute approximate surface area is 122 Å². The van der Waals surface area contributed by atoms with Gasteiger partial charge in [-0.3, -0.25) is 0 Å². The lowest BCUT2D eigenvalue weighted by atomic mass is 10.0. The van der Waals surface area contributed by atoms with Gasteiger partial charge in [-0.15, -0.1) is 0 Å². The average molecular weight is 274 g/mol. The van der Waals surface area contributed by atoms with E-state index in [1.807, 2.05) is 37.3 Å². The molecule has 0 bridgehead atoms. The molecular formula is C17H26N2O. The molecule has 0 aliphatic heterocycles. The molecule has 0 radical (unpaired) electrons. The molecule has 0 aromatic heterocycles. The predicted octanol–water partition coefficient (Wildman–Crippen LogP) is 4.02. The van der Waals surface area contributed by atoms with Crippen LogP contribution in [0, 0.1) is 5.92 Å². The molecule has 1 saturated carbocycles. The number of hydrogen-bond acceptors (Lipinski definition) is 1. The fraction of sp³-hybridized carbons (Fsp3) is 0.588. The minimum absolute atomic E-state index is 0.0473. The van der Waals surface area contributed by atoms with Crippen LogP contribution in [0.3, 0.4) is 0 Å². The van der Waals surface area contributed by atoms with Crippen molar-refractivity contribution < 1.29 is 4.79 Å². The number of nitrogens with one attached hydrogen (secondary N) is 2. The van der Waals surface area contributed by atoms with E-state index in [1.54, 1.807) is 0 Å². The van der Waals surface area contributed by atoms with Crippen molar-refractivity contribution in [1.29, 1.82) is 0 Å². The summed E-state index contributed by atoms with van der Waals surface area (Å²) < 4.78 is 0. The largest absolute Gasteiger partial charge is 0.338 e. The van der Waals surface area contributed by atoms with Gasteiger partial charge in [0.1, 0.15) is 0 Å². The lowest BCUT2D eigenvalue weighted by Gasteiger charge is -2.15. The quantitative estimate of drug-likeness (QED) is 0.756. The molecule has 1 atom stereocenters. The second-order valence-corrected chi connectivity index (χ2v) is 5.83. The fourth-order valence-electron chi connectivity index (χ4n) is 2.96. The number of hydrogen-bond donors (Lipinski definition) is 2. The van der Waals surface area contributed by atoms with Gasteiger partial charge in [0.15, 0.2) is 0 Å². The number of benzene rings is 1. The molecule has 1 aromatic carbocycles. The Morgan fingerprint density at radius 2 is 1.95 bits per heavy atom. The first-order valence-electron chi connectivity index (χ1n) is 7.85. The second kappa shape index (κ2) is 7.93. The van der Waals surface area contributed by atoms with Crippen molar-refractivity contribution in [3.8, 4) is 0 Å². The Bertz CT molecular complexity index is 399. The Kier molecular flexibility index (Phi) is 5.90. The molecule has 3 nitrogen and oxygen atoms in total. The Morgan fingerprint density at radius 1 is 1.25 bits per heavy atom. The summed E-state index contributed by atoms with van der Waals surface area (Å²) in [7, 11) is 0. The number of carbonyl (C=O) groups excluding carboxylic acids is 1. The van der Waals surface area contributed by atoms with Crippen molar-refractivity contribution >= 4 is 6.03 Å². The van der Waals surface area contributed by atoms with E-state index in [0.717, 1.165) is 24.4 Å². The highest BCUT2D eigenvalue weighted by atomic mass is 16.2. The molecule has 3 heteroatoms. The molecule has 1 unspecified atom stereocenters. The smallest absolute Gasteiger partial charge is 0.315 e. The average Bonchev–Trinajstić information content (AvgIpc) is 2.98. The molecule has 2 N–H and O–H groups in total. The van der Waals surface area contributed by atoms with Gasteiger partial charge in [-0.2, -0.15) is 0 Å². The van der Waals surface area contributed by atoms with Crippen LogP contribution in [0.1, 0.15) is 57.1 Å². The number of rotatable bonds is 6. The summed E-state index contributed by atoms with van der Waals surface area (Å²) in [6.07, 6.45) is 7.92. The van der Waals surface area contributed by atoms with Crippen LogP contribution in [0.4, 0.5) is 4.79 Å². The normalized spacial score (nSPS) is 16.9. The molecule has 0 heterocycles. The summed E-state index contributed by atoms with van der Waals surface area (Å²) in [6.45, 7) is 2.79. The zero-order valence-electron chi connectivity index (χ0n) is 12.4. The standard InChI is InChI=1S/C17H26N2O/c1-14(16-11-3-2-4-12-16)19-17(20)18-13-7-10-15-8-5-6-9-15/h2-4,11-12,14-15H,5-10,13H2,1H3,(H2,18,19,20). The van der Waals surface area contributed by atoms with Crippen LogP contribution in [-0.4, -0.2) is 12.6 Å². The van der Waals surface area contributed by atoms with Gasteiger partial charge in [-0.1, -0.05) is 56.0 Å². The highest BCUT2D eigenvalue weighted by molar-refractivity contribution is 5.74. The summed E-state index contributed by atoms with van der Waals surface area (Å²) in [6, 6.07) is 10.0. The van der Waals surface area contributed by atoms with Crippen LogP contribution in [0.15, 0.2) is 30.3 Å². The van der Waals surface area contributed by atoms with E-state index in [-0.39, 0.29) is 12.1 Å². The Hall–Kier alpha value is -1.51. The maximum atomic E-state index is 11.8. The third kappa shape index (κ3) is 4.87. The molecule has 110 valence electrons. The zero-order valence-corrected chi connectivity index (χ0v) is 12.4. The third-order valence-corrected chi connectivity index (χ3v) is 4.20. The second-order valence-electron chi connectivity index (χ2n) is 5.83. The van der Waals surface area contributed by atoms with Gasteiger partial charge < -0.3 is 10.6 Å². The Morgan fingerprint density at radius 3 is 2.65 bits per heavy atom. The molecule has 0 saturated heterocycles. The minimum Gasteiger partial charge on any atom is -0.338 e. The topological polar surface area (TPSA) is 41.1 Å². The maximum Gasteiger partial charge on any atom is 0.315 e. The van der Waals surface area contributed by atoms with Crippen molar-refractivity contribution in [2.24, 2.45) is 5.92 Å². The van der Waals surface area contributed by atoms with Crippen molar-refractivity contribution in [3.63, 3.8) is 0 Å². The van der Waals surface area contributed by atoms with Crippen molar-refractivity contribution in [1.82, 2.24) is 10.6 Å². The highest BCUT2D eigenvalue weighted by Gasteiger charge is 2.14. The van der Waals surface area contributed by atoms with Crippen molar-refractivity contribution in [3.05, 3.63) is 35.9 Å². The van der Waals surface area contributed by atoms with Gasteiger partial charge in [0.2, 0.25) is 0 Å². The first kappa shape index (κ1) is 14.9. The van der Waals surface area contributed by atoms with E-state index in [2.05, 4.69) is 10.6 Å². The van der Waals surface area contributed by atoms with E-state index in [9.17, 15) is 4.79 Å². The minimum atomic E-state index is -0.0622. The van der Waals surface area contributed by atoms with Crippen LogP contribution in [0.25, 0.3) is 0 Å². The first-order chi connectivity index (χ1) is 9.75. The molecule has 1 aliphatic rings. The maximum absolute atomic E-state index is 11.8. The van der Waals surface area contributed by atoms with Gasteiger partial charge in [-0.05, 0) is 31.2 Å². The van der Waals surface area contributed by atoms with E-state index in [1.165, 1.54) is 32.1 Å². The van der Waals surface area contributed by atoms with Crippen molar-refractivity contribution in [2.45, 2.75) is 51.5 Å². The zero-order chi connectivity index (χ0) is 14.2. The van der Waals surface area contributed by atoms with Gasteiger partial charge >= 0.3 is 6.03 Å². The summed E-state index contributed by atoms with van der Waals surface area (Å²) in [5.74, 6) is 0.906. The van der Waals surface area contributed by atoms with Crippen LogP contribution in [-0.2, 0) is 0 Å². The van der Waals surface area contributed by atoms with Gasteiger partial charge in [-0.25, -0.2) is 4.79 Å². The summed E-state index contributed by atoms with van der Waals surface area (Å²) in [5, 5.41) is 5.93. The molecule has 2 rings (SSSR count). The molecule has 0 spiro atoms. The summed E-state index contributed by atoms with van der Waals surface area (Å²) in [5.41, 5.74) is 1.13. The molecule has 2 amide bonds. The molecule has 1 fully saturated rings. The van der Waals surface area contributed by atoms with E-state index in [4.69, 9.17) is 0 Å². The van der Waals surface area contributed by atoms with Crippen LogP contribution < -0.4 is 10.6 Å². The molecule has 20 heavy (non-hydrogen) atoms. The fourth-order valence-corrected chi connectivity index (χ4v) is 2.96. The number of amides is 2. The van der Waals surface area contributed by atoms with Crippen LogP contribution in [0.2, 0.25) is 0 Å². The number of urea groups is 1. The van der Waals surface area contributed by atoms with Gasteiger partial charge in [0, 0.05) is 6.54 Å². The first-order valence-corrected chi connectivity index (χ1v) is 7.85. The SMILES string of the molecule is CC(NC(=O)NCCCC1CCCC1)c1ccccc1. The van der Waals surface area contributed by atoms with Gasteiger partial charge in [0.25, 0.3) is 0 Å². The summed E-state index contributed by atoms with van der Waals surface area (Å²) >= 11 is 0. The number of carbonyl (C=O) groups is 1. The summed E-state index contributed by atoms with van der Waals surface area (Å²) in [4.78, 5) is 11.8. The van der Waals surface area contributed by atoms with Crippen molar-refractivity contribution in [2.75, 3.05) is 6.54 Å². The molecular weight excluding hydrogens is 248 g/mol. The predicted molar refractivity (Wildman–Crippen MR) is 82.6 cm³/mol. The highest BCUT2D eigenvalue weighted by Crippen LogP contribution is 2.28. The molecule has 1 aromatic rings.